The predicted molar refractivity (Wildman–Crippen MR) is 93.0 cm³/mol. The molecule has 0 saturated heterocycles. The van der Waals surface area contributed by atoms with Crippen molar-refractivity contribution >= 4 is 5.97 Å². The largest absolute Gasteiger partial charge is 0.466 e. The lowest BCUT2D eigenvalue weighted by Crippen LogP contribution is -2.49. The first-order chi connectivity index (χ1) is 10.6. The third kappa shape index (κ3) is 3.35. The minimum Gasteiger partial charge on any atom is -0.466 e. The minimum absolute atomic E-state index is 0.0133. The summed E-state index contributed by atoms with van der Waals surface area (Å²) >= 11 is 0. The molecule has 1 fully saturated rings. The number of carbonyl (C=O) groups is 1. The summed E-state index contributed by atoms with van der Waals surface area (Å²) in [6.45, 7) is 11.4. The van der Waals surface area contributed by atoms with Crippen molar-refractivity contribution in [2.24, 2.45) is 22.7 Å². The van der Waals surface area contributed by atoms with Crippen LogP contribution >= 0.6 is 0 Å². The molecule has 0 spiro atoms. The van der Waals surface area contributed by atoms with Crippen LogP contribution in [0.15, 0.2) is 11.1 Å². The highest BCUT2D eigenvalue weighted by Gasteiger charge is 2.53. The Kier molecular flexibility index (Phi) is 5.30. The Hall–Kier alpha value is -0.830. The number of allylic oxidation sites excluding steroid dienone is 1. The summed E-state index contributed by atoms with van der Waals surface area (Å²) in [5.41, 5.74) is 1.96. The van der Waals surface area contributed by atoms with E-state index in [1.54, 1.807) is 0 Å². The van der Waals surface area contributed by atoms with Crippen LogP contribution < -0.4 is 0 Å². The molecule has 0 amide bonds. The normalized spacial score (nSPS) is 33.6. The van der Waals surface area contributed by atoms with Crippen molar-refractivity contribution < 1.29 is 14.6 Å². The smallest absolute Gasteiger partial charge is 0.336 e. The van der Waals surface area contributed by atoms with Gasteiger partial charge in [-0.1, -0.05) is 46.6 Å². The van der Waals surface area contributed by atoms with Crippen molar-refractivity contribution in [3.63, 3.8) is 0 Å². The third-order valence-electron chi connectivity index (χ3n) is 6.41. The number of esters is 1. The van der Waals surface area contributed by atoms with Crippen LogP contribution in [-0.2, 0) is 9.53 Å². The second-order valence-corrected chi connectivity index (χ2v) is 8.88. The third-order valence-corrected chi connectivity index (χ3v) is 6.41. The summed E-state index contributed by atoms with van der Waals surface area (Å²) < 4.78 is 5.02. The van der Waals surface area contributed by atoms with Crippen molar-refractivity contribution in [1.29, 1.82) is 0 Å². The van der Waals surface area contributed by atoms with E-state index in [0.717, 1.165) is 19.3 Å². The van der Waals surface area contributed by atoms with Crippen LogP contribution in [0.25, 0.3) is 0 Å². The lowest BCUT2D eigenvalue weighted by molar-refractivity contribution is -0.138. The van der Waals surface area contributed by atoms with E-state index in [0.29, 0.717) is 23.8 Å². The fraction of sp³-hybridized carbons (Fsp3) is 0.850. The van der Waals surface area contributed by atoms with Gasteiger partial charge >= 0.3 is 5.97 Å². The molecule has 0 radical (unpaired) electrons. The molecule has 0 aliphatic heterocycles. The Morgan fingerprint density at radius 1 is 1.30 bits per heavy atom. The van der Waals surface area contributed by atoms with E-state index in [9.17, 15) is 9.90 Å². The Bertz CT molecular complexity index is 489. The Morgan fingerprint density at radius 2 is 1.96 bits per heavy atom. The molecular formula is C20H34O3. The van der Waals surface area contributed by atoms with Gasteiger partial charge in [0.25, 0.3) is 0 Å². The van der Waals surface area contributed by atoms with Crippen molar-refractivity contribution in [3.8, 4) is 0 Å². The molecule has 132 valence electrons. The molecule has 0 heterocycles. The van der Waals surface area contributed by atoms with Gasteiger partial charge in [0, 0.05) is 0 Å². The monoisotopic (exact) mass is 322 g/mol. The lowest BCUT2D eigenvalue weighted by Gasteiger charge is -2.56. The summed E-state index contributed by atoms with van der Waals surface area (Å²) in [6, 6.07) is 0. The van der Waals surface area contributed by atoms with E-state index in [-0.39, 0.29) is 16.8 Å². The van der Waals surface area contributed by atoms with Gasteiger partial charge in [0.1, 0.15) is 0 Å². The van der Waals surface area contributed by atoms with Crippen LogP contribution in [0.4, 0.5) is 0 Å². The first-order valence-corrected chi connectivity index (χ1v) is 9.13. The van der Waals surface area contributed by atoms with Crippen molar-refractivity contribution in [1.82, 2.24) is 0 Å². The fourth-order valence-corrected chi connectivity index (χ4v) is 5.13. The number of rotatable bonds is 4. The highest BCUT2D eigenvalue weighted by molar-refractivity contribution is 5.91. The van der Waals surface area contributed by atoms with Crippen LogP contribution in [-0.4, -0.2) is 24.3 Å². The highest BCUT2D eigenvalue weighted by Crippen LogP contribution is 2.60. The molecule has 0 unspecified atom stereocenters. The van der Waals surface area contributed by atoms with E-state index < -0.39 is 6.10 Å². The fourth-order valence-electron chi connectivity index (χ4n) is 5.13. The Balaban J connectivity index is 2.52. The number of fused-ring (bicyclic) bond motifs is 1. The van der Waals surface area contributed by atoms with Crippen LogP contribution in [0.1, 0.15) is 73.1 Å². The quantitative estimate of drug-likeness (QED) is 0.776. The topological polar surface area (TPSA) is 46.5 Å². The zero-order valence-corrected chi connectivity index (χ0v) is 15.7. The van der Waals surface area contributed by atoms with Crippen molar-refractivity contribution in [2.75, 3.05) is 7.11 Å². The number of hydrogen-bond acceptors (Lipinski definition) is 3. The molecular weight excluding hydrogens is 288 g/mol. The number of ether oxygens (including phenoxy) is 1. The number of aliphatic hydroxyl groups is 1. The first-order valence-electron chi connectivity index (χ1n) is 9.13. The van der Waals surface area contributed by atoms with Gasteiger partial charge in [-0.2, -0.15) is 0 Å². The zero-order valence-electron chi connectivity index (χ0n) is 15.7. The second kappa shape index (κ2) is 6.58. The van der Waals surface area contributed by atoms with Crippen molar-refractivity contribution in [2.45, 2.75) is 79.2 Å². The number of carbonyl (C=O) groups excluding carboxylic acids is 1. The van der Waals surface area contributed by atoms with E-state index in [1.165, 1.54) is 25.5 Å². The molecule has 3 atom stereocenters. The standard InChI is InChI=1S/C20H34O3/c1-13(2)8-9-14-17(18(22)23-6)15(21)12-16-19(3,4)10-7-11-20(14,16)5/h13,15-16,21H,7-12H2,1-6H3/t15-,16+,20-/m1/s1. The molecule has 0 aromatic rings. The molecule has 0 bridgehead atoms. The lowest BCUT2D eigenvalue weighted by atomic mass is 9.49. The molecule has 23 heavy (non-hydrogen) atoms. The maximum Gasteiger partial charge on any atom is 0.336 e. The minimum atomic E-state index is -0.680. The van der Waals surface area contributed by atoms with E-state index in [4.69, 9.17) is 4.74 Å². The first kappa shape index (κ1) is 18.5. The maximum absolute atomic E-state index is 12.4. The van der Waals surface area contributed by atoms with Gasteiger partial charge in [-0.15, -0.1) is 0 Å². The van der Waals surface area contributed by atoms with Gasteiger partial charge in [0.05, 0.1) is 18.8 Å². The molecule has 1 saturated carbocycles. The van der Waals surface area contributed by atoms with Crippen LogP contribution in [0.5, 0.6) is 0 Å². The summed E-state index contributed by atoms with van der Waals surface area (Å²) in [7, 11) is 1.42. The molecule has 1 N–H and O–H groups in total. The molecule has 3 nitrogen and oxygen atoms in total. The number of aliphatic hydroxyl groups excluding tert-OH is 1. The zero-order chi connectivity index (χ0) is 17.4. The second-order valence-electron chi connectivity index (χ2n) is 8.88. The number of methoxy groups -OCH3 is 1. The van der Waals surface area contributed by atoms with Gasteiger partial charge in [-0.3, -0.25) is 0 Å². The average molecular weight is 322 g/mol. The van der Waals surface area contributed by atoms with Crippen LogP contribution in [0.3, 0.4) is 0 Å². The summed E-state index contributed by atoms with van der Waals surface area (Å²) in [6.07, 6.45) is 5.44. The van der Waals surface area contributed by atoms with Gasteiger partial charge in [0.2, 0.25) is 0 Å². The van der Waals surface area contributed by atoms with Gasteiger partial charge in [-0.25, -0.2) is 4.79 Å². The molecule has 0 aromatic heterocycles. The molecule has 3 heteroatoms. The van der Waals surface area contributed by atoms with Gasteiger partial charge < -0.3 is 9.84 Å². The average Bonchev–Trinajstić information content (AvgIpc) is 2.45. The summed E-state index contributed by atoms with van der Waals surface area (Å²) in [5, 5.41) is 10.7. The maximum atomic E-state index is 12.4. The molecule has 2 aliphatic rings. The summed E-state index contributed by atoms with van der Waals surface area (Å²) in [5.74, 6) is 0.674. The summed E-state index contributed by atoms with van der Waals surface area (Å²) in [4.78, 5) is 12.4. The highest BCUT2D eigenvalue weighted by atomic mass is 16.5. The van der Waals surface area contributed by atoms with Gasteiger partial charge in [-0.05, 0) is 54.8 Å². The Labute approximate surface area is 141 Å². The number of hydrogen-bond donors (Lipinski definition) is 1. The van der Waals surface area contributed by atoms with E-state index >= 15 is 0 Å². The van der Waals surface area contributed by atoms with E-state index in [1.807, 2.05) is 0 Å². The molecule has 2 rings (SSSR count). The Morgan fingerprint density at radius 3 is 2.52 bits per heavy atom. The van der Waals surface area contributed by atoms with Crippen molar-refractivity contribution in [3.05, 3.63) is 11.1 Å². The van der Waals surface area contributed by atoms with Gasteiger partial charge in [0.15, 0.2) is 0 Å². The molecule has 0 aromatic carbocycles. The predicted octanol–water partition coefficient (Wildman–Crippen LogP) is 4.49. The SMILES string of the molecule is COC(=O)C1=C(CCC(C)C)[C@@]2(C)CCCC(C)(C)[C@@H]2C[C@H]1O. The van der Waals surface area contributed by atoms with Crippen LogP contribution in [0, 0.1) is 22.7 Å². The molecule has 2 aliphatic carbocycles. The van der Waals surface area contributed by atoms with Crippen LogP contribution in [0.2, 0.25) is 0 Å². The van der Waals surface area contributed by atoms with E-state index in [2.05, 4.69) is 34.6 Å².